The zero-order chi connectivity index (χ0) is 17.5. The van der Waals surface area contributed by atoms with Gasteiger partial charge < -0.3 is 4.74 Å². The second kappa shape index (κ2) is 15.0. The number of ether oxygens (including phenoxy) is 1. The summed E-state index contributed by atoms with van der Waals surface area (Å²) in [6.45, 7) is 5.57. The van der Waals surface area contributed by atoms with Gasteiger partial charge in [-0.2, -0.15) is 0 Å². The Morgan fingerprint density at radius 1 is 0.792 bits per heavy atom. The quantitative estimate of drug-likeness (QED) is 0.197. The molecule has 0 saturated carbocycles. The van der Waals surface area contributed by atoms with Crippen LogP contribution in [0.3, 0.4) is 0 Å². The smallest absolute Gasteiger partial charge is 0.119 e. The average Bonchev–Trinajstić information content (AvgIpc) is 2.59. The third-order valence-electron chi connectivity index (χ3n) is 4.72. The molecule has 0 aliphatic rings. The van der Waals surface area contributed by atoms with Gasteiger partial charge in [-0.05, 0) is 59.2 Å². The molecule has 1 aromatic rings. The van der Waals surface area contributed by atoms with Crippen LogP contribution in [0.1, 0.15) is 90.9 Å². The molecule has 0 bridgehead atoms. The monoisotopic (exact) mass is 444 g/mol. The second-order valence-corrected chi connectivity index (χ2v) is 8.41. The van der Waals surface area contributed by atoms with E-state index in [4.69, 9.17) is 4.74 Å². The van der Waals surface area contributed by atoms with Crippen LogP contribution in [0.2, 0.25) is 0 Å². The molecule has 0 aliphatic heterocycles. The SMILES string of the molecule is CCCCC(C)CCCCCCCCCCOc1ccc(I)cc1. The van der Waals surface area contributed by atoms with Crippen molar-refractivity contribution in [1.82, 2.24) is 0 Å². The van der Waals surface area contributed by atoms with Crippen molar-refractivity contribution in [3.8, 4) is 5.75 Å². The van der Waals surface area contributed by atoms with Crippen molar-refractivity contribution in [1.29, 1.82) is 0 Å². The molecule has 0 aliphatic carbocycles. The Morgan fingerprint density at radius 3 is 1.96 bits per heavy atom. The van der Waals surface area contributed by atoms with E-state index in [1.54, 1.807) is 0 Å². The van der Waals surface area contributed by atoms with E-state index in [1.165, 1.54) is 80.6 Å². The lowest BCUT2D eigenvalue weighted by Gasteiger charge is -2.10. The van der Waals surface area contributed by atoms with E-state index in [-0.39, 0.29) is 0 Å². The Labute approximate surface area is 164 Å². The van der Waals surface area contributed by atoms with Crippen LogP contribution < -0.4 is 4.74 Å². The molecule has 0 aromatic heterocycles. The van der Waals surface area contributed by atoms with Gasteiger partial charge in [-0.15, -0.1) is 0 Å². The van der Waals surface area contributed by atoms with Crippen molar-refractivity contribution in [3.05, 3.63) is 27.8 Å². The highest BCUT2D eigenvalue weighted by atomic mass is 127. The van der Waals surface area contributed by atoms with Crippen LogP contribution in [0.4, 0.5) is 0 Å². The molecule has 0 fully saturated rings. The Bertz CT molecular complexity index is 387. The van der Waals surface area contributed by atoms with Crippen LogP contribution in [0.5, 0.6) is 5.75 Å². The van der Waals surface area contributed by atoms with Crippen LogP contribution in [-0.2, 0) is 0 Å². The van der Waals surface area contributed by atoms with Crippen LogP contribution in [-0.4, -0.2) is 6.61 Å². The van der Waals surface area contributed by atoms with Crippen LogP contribution in [0.15, 0.2) is 24.3 Å². The molecule has 1 unspecified atom stereocenters. The van der Waals surface area contributed by atoms with Crippen molar-refractivity contribution in [2.45, 2.75) is 90.9 Å². The van der Waals surface area contributed by atoms with Gasteiger partial charge in [0.05, 0.1) is 6.61 Å². The maximum atomic E-state index is 5.77. The third kappa shape index (κ3) is 12.2. The highest BCUT2D eigenvalue weighted by Crippen LogP contribution is 2.17. The van der Waals surface area contributed by atoms with Crippen molar-refractivity contribution in [2.24, 2.45) is 5.92 Å². The number of benzene rings is 1. The molecular weight excluding hydrogens is 407 g/mol. The molecule has 2 heteroatoms. The topological polar surface area (TPSA) is 9.23 Å². The molecule has 0 N–H and O–H groups in total. The predicted octanol–water partition coefficient (Wildman–Crippen LogP) is 8.01. The summed E-state index contributed by atoms with van der Waals surface area (Å²) in [6.07, 6.45) is 16.6. The van der Waals surface area contributed by atoms with E-state index >= 15 is 0 Å². The molecular formula is C22H37IO. The summed E-state index contributed by atoms with van der Waals surface area (Å²) in [5, 5.41) is 0. The number of unbranched alkanes of at least 4 members (excludes halogenated alkanes) is 8. The number of hydrogen-bond acceptors (Lipinski definition) is 1. The first kappa shape index (κ1) is 21.8. The van der Waals surface area contributed by atoms with Gasteiger partial charge in [0.25, 0.3) is 0 Å². The first-order valence-corrected chi connectivity index (χ1v) is 11.2. The summed E-state index contributed by atoms with van der Waals surface area (Å²) in [5.41, 5.74) is 0. The molecule has 1 nitrogen and oxygen atoms in total. The van der Waals surface area contributed by atoms with E-state index in [0.717, 1.165) is 18.3 Å². The summed E-state index contributed by atoms with van der Waals surface area (Å²) >= 11 is 2.32. The van der Waals surface area contributed by atoms with Gasteiger partial charge in [0.15, 0.2) is 0 Å². The maximum Gasteiger partial charge on any atom is 0.119 e. The first-order valence-electron chi connectivity index (χ1n) is 10.1. The van der Waals surface area contributed by atoms with Crippen molar-refractivity contribution in [2.75, 3.05) is 6.61 Å². The lowest BCUT2D eigenvalue weighted by molar-refractivity contribution is 0.304. The molecule has 1 rings (SSSR count). The molecule has 0 amide bonds. The Hall–Kier alpha value is -0.250. The number of halogens is 1. The molecule has 0 heterocycles. The van der Waals surface area contributed by atoms with Gasteiger partial charge in [-0.25, -0.2) is 0 Å². The Balaban J connectivity index is 1.81. The van der Waals surface area contributed by atoms with Crippen LogP contribution in [0, 0.1) is 9.49 Å². The summed E-state index contributed by atoms with van der Waals surface area (Å²) in [4.78, 5) is 0. The maximum absolute atomic E-state index is 5.77. The summed E-state index contributed by atoms with van der Waals surface area (Å²) < 4.78 is 7.03. The summed E-state index contributed by atoms with van der Waals surface area (Å²) in [6, 6.07) is 8.32. The van der Waals surface area contributed by atoms with E-state index in [1.807, 2.05) is 0 Å². The van der Waals surface area contributed by atoms with Gasteiger partial charge in [-0.1, -0.05) is 84.5 Å². The fourth-order valence-corrected chi connectivity index (χ4v) is 3.43. The fourth-order valence-electron chi connectivity index (χ4n) is 3.07. The normalized spacial score (nSPS) is 12.3. The first-order chi connectivity index (χ1) is 11.7. The van der Waals surface area contributed by atoms with E-state index < -0.39 is 0 Å². The van der Waals surface area contributed by atoms with Crippen LogP contribution in [0.25, 0.3) is 0 Å². The van der Waals surface area contributed by atoms with Crippen LogP contribution >= 0.6 is 22.6 Å². The molecule has 24 heavy (non-hydrogen) atoms. The van der Waals surface area contributed by atoms with E-state index in [2.05, 4.69) is 60.7 Å². The third-order valence-corrected chi connectivity index (χ3v) is 5.44. The lowest BCUT2D eigenvalue weighted by Crippen LogP contribution is -1.97. The minimum Gasteiger partial charge on any atom is -0.494 e. The summed E-state index contributed by atoms with van der Waals surface area (Å²) in [5.74, 6) is 1.95. The number of hydrogen-bond donors (Lipinski definition) is 0. The standard InChI is InChI=1S/C22H37IO/c1-3-4-13-20(2)14-11-9-7-5-6-8-10-12-19-24-22-17-15-21(23)16-18-22/h15-18,20H,3-14,19H2,1-2H3. The van der Waals surface area contributed by atoms with Gasteiger partial charge >= 0.3 is 0 Å². The molecule has 0 spiro atoms. The van der Waals surface area contributed by atoms with Gasteiger partial charge in [-0.3, -0.25) is 0 Å². The molecule has 0 saturated heterocycles. The molecule has 0 radical (unpaired) electrons. The predicted molar refractivity (Wildman–Crippen MR) is 115 cm³/mol. The Morgan fingerprint density at radius 2 is 1.33 bits per heavy atom. The molecule has 1 atom stereocenters. The Kier molecular flexibility index (Phi) is 13.7. The largest absolute Gasteiger partial charge is 0.494 e. The zero-order valence-electron chi connectivity index (χ0n) is 15.9. The number of rotatable bonds is 15. The lowest BCUT2D eigenvalue weighted by atomic mass is 9.97. The van der Waals surface area contributed by atoms with Crippen molar-refractivity contribution < 1.29 is 4.74 Å². The summed E-state index contributed by atoms with van der Waals surface area (Å²) in [7, 11) is 0. The van der Waals surface area contributed by atoms with Gasteiger partial charge in [0, 0.05) is 3.57 Å². The minimum atomic E-state index is 0.857. The van der Waals surface area contributed by atoms with E-state index in [9.17, 15) is 0 Å². The average molecular weight is 444 g/mol. The van der Waals surface area contributed by atoms with Crippen molar-refractivity contribution in [3.63, 3.8) is 0 Å². The minimum absolute atomic E-state index is 0.857. The van der Waals surface area contributed by atoms with E-state index in [0.29, 0.717) is 0 Å². The van der Waals surface area contributed by atoms with Gasteiger partial charge in [0.2, 0.25) is 0 Å². The second-order valence-electron chi connectivity index (χ2n) is 7.17. The molecule has 1 aromatic carbocycles. The molecule has 138 valence electrons. The zero-order valence-corrected chi connectivity index (χ0v) is 18.0. The highest BCUT2D eigenvalue weighted by molar-refractivity contribution is 14.1. The van der Waals surface area contributed by atoms with Crippen molar-refractivity contribution >= 4 is 22.6 Å². The highest BCUT2D eigenvalue weighted by Gasteiger charge is 2.01. The fraction of sp³-hybridized carbons (Fsp3) is 0.727. The van der Waals surface area contributed by atoms with Gasteiger partial charge in [0.1, 0.15) is 5.75 Å².